The molecule has 1 nitrogen and oxygen atoms in total. The molecule has 3 heteroatoms. The molecule has 14 heavy (non-hydrogen) atoms. The lowest BCUT2D eigenvalue weighted by Gasteiger charge is -1.87. The van der Waals surface area contributed by atoms with Gasteiger partial charge in [0.05, 0.1) is 5.38 Å². The van der Waals surface area contributed by atoms with E-state index in [9.17, 15) is 0 Å². The van der Waals surface area contributed by atoms with E-state index in [1.807, 2.05) is 35.2 Å². The number of hydrogen-bond donors (Lipinski definition) is 0. The van der Waals surface area contributed by atoms with Crippen molar-refractivity contribution < 1.29 is 21.5 Å². The van der Waals surface area contributed by atoms with E-state index in [1.165, 1.54) is 5.56 Å². The van der Waals surface area contributed by atoms with Gasteiger partial charge in [-0.1, -0.05) is 41.7 Å². The Hall–Kier alpha value is -0.930. The number of thiazole rings is 1. The quantitative estimate of drug-likeness (QED) is 0.657. The van der Waals surface area contributed by atoms with Gasteiger partial charge in [-0.2, -0.15) is 4.57 Å². The van der Waals surface area contributed by atoms with Crippen LogP contribution in [0.1, 0.15) is 5.56 Å². The first-order valence-electron chi connectivity index (χ1n) is 4.11. The van der Waals surface area contributed by atoms with Gasteiger partial charge in [-0.05, 0) is 5.56 Å². The average molecular weight is 268 g/mol. The van der Waals surface area contributed by atoms with Crippen molar-refractivity contribution in [3.8, 4) is 0 Å². The molecule has 0 bridgehead atoms. The minimum Gasteiger partial charge on any atom is -1.00 e. The molecule has 0 unspecified atom stereocenters. The Morgan fingerprint density at radius 3 is 2.57 bits per heavy atom. The fourth-order valence-corrected chi connectivity index (χ4v) is 1.63. The van der Waals surface area contributed by atoms with E-state index in [0.29, 0.717) is 0 Å². The third-order valence-electron chi connectivity index (χ3n) is 1.73. The lowest BCUT2D eigenvalue weighted by atomic mass is 10.2. The molecule has 0 radical (unpaired) electrons. The van der Waals surface area contributed by atoms with Gasteiger partial charge in [-0.3, -0.25) is 0 Å². The Morgan fingerprint density at radius 2 is 1.93 bits per heavy atom. The topological polar surface area (TPSA) is 3.88 Å². The lowest BCUT2D eigenvalue weighted by molar-refractivity contribution is -0.561. The van der Waals surface area contributed by atoms with Crippen LogP contribution in [-0.2, 0) is 0 Å². The lowest BCUT2D eigenvalue weighted by Crippen LogP contribution is -3.00. The Morgan fingerprint density at radius 1 is 1.14 bits per heavy atom. The van der Waals surface area contributed by atoms with Crippen molar-refractivity contribution in [1.29, 1.82) is 0 Å². The molecule has 0 saturated carbocycles. The maximum atomic E-state index is 2.09. The van der Waals surface area contributed by atoms with E-state index in [4.69, 9.17) is 0 Å². The van der Waals surface area contributed by atoms with Crippen LogP contribution in [0.4, 0.5) is 0 Å². The zero-order valence-corrected chi connectivity index (χ0v) is 9.91. The molecule has 1 heterocycles. The monoisotopic (exact) mass is 267 g/mol. The molecule has 2 rings (SSSR count). The molecule has 1 aromatic carbocycles. The Labute approximate surface area is 98.1 Å². The van der Waals surface area contributed by atoms with Crippen LogP contribution in [0.2, 0.25) is 0 Å². The number of halogens is 1. The van der Waals surface area contributed by atoms with Gasteiger partial charge in [0.1, 0.15) is 0 Å². The molecule has 0 aliphatic carbocycles. The zero-order valence-electron chi connectivity index (χ0n) is 7.51. The summed E-state index contributed by atoms with van der Waals surface area (Å²) in [4.78, 5) is 0. The average Bonchev–Trinajstić information content (AvgIpc) is 2.69. The van der Waals surface area contributed by atoms with E-state index in [0.717, 1.165) is 0 Å². The minimum atomic E-state index is 0. The molecule has 0 saturated heterocycles. The van der Waals surface area contributed by atoms with Gasteiger partial charge in [0.2, 0.25) is 5.51 Å². The van der Waals surface area contributed by atoms with Crippen LogP contribution >= 0.6 is 11.3 Å². The summed E-state index contributed by atoms with van der Waals surface area (Å²) in [5, 5.41) is 2.05. The van der Waals surface area contributed by atoms with Gasteiger partial charge in [-0.25, -0.2) is 0 Å². The first-order chi connectivity index (χ1) is 6.45. The highest BCUT2D eigenvalue weighted by atomic mass is 79.9. The number of rotatable bonds is 2. The highest BCUT2D eigenvalue weighted by molar-refractivity contribution is 7.07. The third-order valence-corrected chi connectivity index (χ3v) is 2.38. The van der Waals surface area contributed by atoms with Gasteiger partial charge in [-0.15, -0.1) is 0 Å². The summed E-state index contributed by atoms with van der Waals surface area (Å²) >= 11 is 1.69. The maximum absolute atomic E-state index is 2.09. The van der Waals surface area contributed by atoms with Crippen molar-refractivity contribution in [3.63, 3.8) is 0 Å². The fraction of sp³-hybridized carbons (Fsp3) is 0. The smallest absolute Gasteiger partial charge is 0.230 e. The standard InChI is InChI=1S/C11H10NS.BrH/c1-2-4-11(5-3-1)6-7-12-8-9-13-10-12;/h1-10H;1H/q+1;/p-1/b7-6+;. The summed E-state index contributed by atoms with van der Waals surface area (Å²) in [6, 6.07) is 10.3. The van der Waals surface area contributed by atoms with E-state index in [2.05, 4.69) is 29.1 Å². The van der Waals surface area contributed by atoms with E-state index >= 15 is 0 Å². The molecular formula is C11H10BrNS. The first-order valence-corrected chi connectivity index (χ1v) is 5.05. The van der Waals surface area contributed by atoms with Gasteiger partial charge in [0.15, 0.2) is 12.4 Å². The molecule has 0 spiro atoms. The van der Waals surface area contributed by atoms with Crippen molar-refractivity contribution in [1.82, 2.24) is 0 Å². The van der Waals surface area contributed by atoms with Crippen molar-refractivity contribution in [2.75, 3.05) is 0 Å². The van der Waals surface area contributed by atoms with Crippen LogP contribution in [0, 0.1) is 0 Å². The van der Waals surface area contributed by atoms with E-state index in [-0.39, 0.29) is 17.0 Å². The molecule has 0 N–H and O–H groups in total. The summed E-state index contributed by atoms with van der Waals surface area (Å²) in [6.45, 7) is 0. The minimum absolute atomic E-state index is 0. The summed E-state index contributed by atoms with van der Waals surface area (Å²) in [5.41, 5.74) is 3.28. The van der Waals surface area contributed by atoms with Gasteiger partial charge >= 0.3 is 0 Å². The van der Waals surface area contributed by atoms with Crippen LogP contribution in [0.15, 0.2) is 47.4 Å². The summed E-state index contributed by atoms with van der Waals surface area (Å²) in [5.74, 6) is 0. The second-order valence-corrected chi connectivity index (χ2v) is 3.46. The number of aromatic nitrogens is 1. The molecule has 0 aliphatic rings. The highest BCUT2D eigenvalue weighted by Gasteiger charge is 1.91. The molecule has 0 amide bonds. The predicted octanol–water partition coefficient (Wildman–Crippen LogP) is -0.333. The predicted molar refractivity (Wildman–Crippen MR) is 56.2 cm³/mol. The van der Waals surface area contributed by atoms with E-state index in [1.54, 1.807) is 11.3 Å². The normalized spacial score (nSPS) is 10.0. The molecule has 1 aromatic heterocycles. The van der Waals surface area contributed by atoms with Crippen LogP contribution in [0.3, 0.4) is 0 Å². The van der Waals surface area contributed by atoms with Gasteiger partial charge in [0.25, 0.3) is 0 Å². The highest BCUT2D eigenvalue weighted by Crippen LogP contribution is 2.00. The van der Waals surface area contributed by atoms with E-state index < -0.39 is 0 Å². The second kappa shape index (κ2) is 5.73. The molecule has 72 valence electrons. The Balaban J connectivity index is 0.000000980. The molecule has 0 atom stereocenters. The number of nitrogens with zero attached hydrogens (tertiary/aromatic N) is 1. The summed E-state index contributed by atoms with van der Waals surface area (Å²) < 4.78 is 2.04. The first kappa shape index (κ1) is 11.1. The molecule has 0 aliphatic heterocycles. The Kier molecular flexibility index (Phi) is 4.56. The van der Waals surface area contributed by atoms with Gasteiger partial charge < -0.3 is 17.0 Å². The van der Waals surface area contributed by atoms with Crippen molar-refractivity contribution in [2.24, 2.45) is 0 Å². The zero-order chi connectivity index (χ0) is 8.93. The van der Waals surface area contributed by atoms with Crippen molar-refractivity contribution in [2.45, 2.75) is 0 Å². The van der Waals surface area contributed by atoms with Gasteiger partial charge in [0, 0.05) is 6.08 Å². The summed E-state index contributed by atoms with van der Waals surface area (Å²) in [6.07, 6.45) is 6.17. The fourth-order valence-electron chi connectivity index (χ4n) is 1.07. The summed E-state index contributed by atoms with van der Waals surface area (Å²) in [7, 11) is 0. The third kappa shape index (κ3) is 3.09. The van der Waals surface area contributed by atoms with Crippen LogP contribution in [-0.4, -0.2) is 0 Å². The van der Waals surface area contributed by atoms with Crippen LogP contribution < -0.4 is 21.5 Å². The van der Waals surface area contributed by atoms with Crippen LogP contribution in [0.25, 0.3) is 12.3 Å². The molecule has 2 aromatic rings. The maximum Gasteiger partial charge on any atom is 0.230 e. The largest absolute Gasteiger partial charge is 1.00 e. The molecular weight excluding hydrogens is 258 g/mol. The Bertz CT molecular complexity index is 381. The van der Waals surface area contributed by atoms with Crippen molar-refractivity contribution >= 4 is 23.6 Å². The number of hydrogen-bond acceptors (Lipinski definition) is 1. The van der Waals surface area contributed by atoms with Crippen LogP contribution in [0.5, 0.6) is 0 Å². The number of benzene rings is 1. The van der Waals surface area contributed by atoms with Crippen molar-refractivity contribution in [3.05, 3.63) is 53.0 Å². The SMILES string of the molecule is C(=C\[n+]1ccsc1)/c1ccccc1.[Br-]. The molecule has 0 fully saturated rings. The second-order valence-electron chi connectivity index (χ2n) is 2.70.